The predicted molar refractivity (Wildman–Crippen MR) is 71.1 cm³/mol. The van der Waals surface area contributed by atoms with Crippen molar-refractivity contribution < 1.29 is 9.18 Å². The van der Waals surface area contributed by atoms with Crippen LogP contribution in [0.1, 0.15) is 15.9 Å². The van der Waals surface area contributed by atoms with Crippen LogP contribution in [0, 0.1) is 5.82 Å². The molecule has 0 radical (unpaired) electrons. The molecule has 3 N–H and O–H groups in total. The molecule has 2 rings (SSSR count). The summed E-state index contributed by atoms with van der Waals surface area (Å²) in [5.74, 6) is -0.501. The van der Waals surface area contributed by atoms with Crippen LogP contribution in [0.25, 0.3) is 0 Å². The molecule has 0 saturated heterocycles. The first-order chi connectivity index (χ1) is 9.16. The fourth-order valence-corrected chi connectivity index (χ4v) is 1.68. The SMILES string of the molecule is Nc1cnccc1C(=O)NCCc1ccc(F)cc1. The highest BCUT2D eigenvalue weighted by Crippen LogP contribution is 2.08. The van der Waals surface area contributed by atoms with E-state index in [-0.39, 0.29) is 11.7 Å². The number of nitrogens with one attached hydrogen (secondary N) is 1. The molecule has 1 heterocycles. The van der Waals surface area contributed by atoms with Gasteiger partial charge in [0.15, 0.2) is 0 Å². The van der Waals surface area contributed by atoms with Gasteiger partial charge in [-0.25, -0.2) is 4.39 Å². The summed E-state index contributed by atoms with van der Waals surface area (Å²) in [5, 5.41) is 2.76. The third-order valence-electron chi connectivity index (χ3n) is 2.71. The number of rotatable bonds is 4. The normalized spacial score (nSPS) is 10.2. The van der Waals surface area contributed by atoms with Crippen LogP contribution in [0.5, 0.6) is 0 Å². The lowest BCUT2D eigenvalue weighted by Gasteiger charge is -2.07. The summed E-state index contributed by atoms with van der Waals surface area (Å²) < 4.78 is 12.7. The van der Waals surface area contributed by atoms with E-state index in [0.29, 0.717) is 24.2 Å². The number of carbonyl (C=O) groups excluding carboxylic acids is 1. The molecule has 98 valence electrons. The van der Waals surface area contributed by atoms with Gasteiger partial charge in [0.25, 0.3) is 5.91 Å². The van der Waals surface area contributed by atoms with Gasteiger partial charge >= 0.3 is 0 Å². The second-order valence-electron chi connectivity index (χ2n) is 4.10. The fraction of sp³-hybridized carbons (Fsp3) is 0.143. The lowest BCUT2D eigenvalue weighted by Crippen LogP contribution is -2.26. The Labute approximate surface area is 110 Å². The van der Waals surface area contributed by atoms with Gasteiger partial charge in [0.05, 0.1) is 17.4 Å². The Balaban J connectivity index is 1.88. The number of halogens is 1. The molecule has 0 aliphatic carbocycles. The van der Waals surface area contributed by atoms with Gasteiger partial charge < -0.3 is 11.1 Å². The van der Waals surface area contributed by atoms with Crippen LogP contribution < -0.4 is 11.1 Å². The number of nitrogens with zero attached hydrogens (tertiary/aromatic N) is 1. The molecule has 0 aliphatic rings. The van der Waals surface area contributed by atoms with Crippen molar-refractivity contribution in [1.82, 2.24) is 10.3 Å². The van der Waals surface area contributed by atoms with Crippen molar-refractivity contribution in [3.63, 3.8) is 0 Å². The quantitative estimate of drug-likeness (QED) is 0.879. The summed E-state index contributed by atoms with van der Waals surface area (Å²) in [6.07, 6.45) is 3.59. The van der Waals surface area contributed by atoms with Crippen molar-refractivity contribution in [3.05, 3.63) is 59.7 Å². The lowest BCUT2D eigenvalue weighted by atomic mass is 10.1. The van der Waals surface area contributed by atoms with E-state index >= 15 is 0 Å². The molecule has 0 unspecified atom stereocenters. The van der Waals surface area contributed by atoms with Crippen molar-refractivity contribution >= 4 is 11.6 Å². The predicted octanol–water partition coefficient (Wildman–Crippen LogP) is 1.78. The summed E-state index contributed by atoms with van der Waals surface area (Å²) in [7, 11) is 0. The molecular formula is C14H14FN3O. The largest absolute Gasteiger partial charge is 0.397 e. The van der Waals surface area contributed by atoms with Gasteiger partial charge in [0.2, 0.25) is 0 Å². The summed E-state index contributed by atoms with van der Waals surface area (Å²) in [4.78, 5) is 15.7. The van der Waals surface area contributed by atoms with E-state index in [1.54, 1.807) is 18.2 Å². The number of hydrogen-bond acceptors (Lipinski definition) is 3. The second-order valence-corrected chi connectivity index (χ2v) is 4.10. The number of pyridine rings is 1. The Morgan fingerprint density at radius 2 is 2.00 bits per heavy atom. The number of aromatic nitrogens is 1. The average Bonchev–Trinajstić information content (AvgIpc) is 2.41. The lowest BCUT2D eigenvalue weighted by molar-refractivity contribution is 0.0955. The Hall–Kier alpha value is -2.43. The molecule has 0 atom stereocenters. The van der Waals surface area contributed by atoms with Crippen LogP contribution in [-0.4, -0.2) is 17.4 Å². The Bertz CT molecular complexity index is 569. The molecule has 0 aliphatic heterocycles. The van der Waals surface area contributed by atoms with Gasteiger partial charge in [-0.2, -0.15) is 0 Å². The van der Waals surface area contributed by atoms with Crippen LogP contribution >= 0.6 is 0 Å². The molecule has 0 fully saturated rings. The molecule has 2 aromatic rings. The monoisotopic (exact) mass is 259 g/mol. The minimum atomic E-state index is -0.266. The highest BCUT2D eigenvalue weighted by molar-refractivity contribution is 5.98. The second kappa shape index (κ2) is 5.95. The molecule has 0 bridgehead atoms. The van der Waals surface area contributed by atoms with E-state index < -0.39 is 0 Å². The first-order valence-electron chi connectivity index (χ1n) is 5.89. The summed E-state index contributed by atoms with van der Waals surface area (Å²) in [6.45, 7) is 0.465. The van der Waals surface area contributed by atoms with Gasteiger partial charge in [-0.15, -0.1) is 0 Å². The smallest absolute Gasteiger partial charge is 0.253 e. The Morgan fingerprint density at radius 3 is 2.68 bits per heavy atom. The zero-order valence-corrected chi connectivity index (χ0v) is 10.3. The maximum atomic E-state index is 12.7. The minimum absolute atomic E-state index is 0.234. The molecule has 0 spiro atoms. The van der Waals surface area contributed by atoms with Crippen molar-refractivity contribution in [3.8, 4) is 0 Å². The number of anilines is 1. The summed E-state index contributed by atoms with van der Waals surface area (Å²) >= 11 is 0. The van der Waals surface area contributed by atoms with E-state index in [1.807, 2.05) is 0 Å². The van der Waals surface area contributed by atoms with Gasteiger partial charge in [0.1, 0.15) is 5.82 Å². The summed E-state index contributed by atoms with van der Waals surface area (Å²) in [6, 6.07) is 7.77. The van der Waals surface area contributed by atoms with Crippen molar-refractivity contribution in [1.29, 1.82) is 0 Å². The maximum absolute atomic E-state index is 12.7. The molecule has 1 aromatic heterocycles. The number of nitrogen functional groups attached to an aromatic ring is 1. The highest BCUT2D eigenvalue weighted by Gasteiger charge is 2.08. The van der Waals surface area contributed by atoms with Gasteiger partial charge in [-0.1, -0.05) is 12.1 Å². The van der Waals surface area contributed by atoms with E-state index in [1.165, 1.54) is 24.5 Å². The molecule has 5 heteroatoms. The van der Waals surface area contributed by atoms with Crippen molar-refractivity contribution in [2.45, 2.75) is 6.42 Å². The number of carbonyl (C=O) groups is 1. The number of benzene rings is 1. The molecule has 1 amide bonds. The number of amides is 1. The third kappa shape index (κ3) is 3.51. The summed E-state index contributed by atoms with van der Waals surface area (Å²) in [5.41, 5.74) is 7.38. The molecule has 4 nitrogen and oxygen atoms in total. The zero-order valence-electron chi connectivity index (χ0n) is 10.3. The average molecular weight is 259 g/mol. The molecule has 19 heavy (non-hydrogen) atoms. The van der Waals surface area contributed by atoms with Gasteiger partial charge in [-0.05, 0) is 30.2 Å². The molecular weight excluding hydrogens is 245 g/mol. The van der Waals surface area contributed by atoms with E-state index in [2.05, 4.69) is 10.3 Å². The van der Waals surface area contributed by atoms with Gasteiger partial charge in [-0.3, -0.25) is 9.78 Å². The number of nitrogens with two attached hydrogens (primary N) is 1. The third-order valence-corrected chi connectivity index (χ3v) is 2.71. The zero-order chi connectivity index (χ0) is 13.7. The van der Waals surface area contributed by atoms with E-state index in [4.69, 9.17) is 5.73 Å². The standard InChI is InChI=1S/C14H14FN3O/c15-11-3-1-10(2-4-11)5-8-18-14(19)12-6-7-17-9-13(12)16/h1-4,6-7,9H,5,8,16H2,(H,18,19). The van der Waals surface area contributed by atoms with Crippen LogP contribution in [0.3, 0.4) is 0 Å². The van der Waals surface area contributed by atoms with E-state index in [9.17, 15) is 9.18 Å². The van der Waals surface area contributed by atoms with Crippen molar-refractivity contribution in [2.75, 3.05) is 12.3 Å². The first-order valence-corrected chi connectivity index (χ1v) is 5.89. The topological polar surface area (TPSA) is 68.0 Å². The Kier molecular flexibility index (Phi) is 4.07. The van der Waals surface area contributed by atoms with Crippen LogP contribution in [0.4, 0.5) is 10.1 Å². The number of hydrogen-bond donors (Lipinski definition) is 2. The first kappa shape index (κ1) is 13.0. The van der Waals surface area contributed by atoms with Crippen molar-refractivity contribution in [2.24, 2.45) is 0 Å². The van der Waals surface area contributed by atoms with Crippen LogP contribution in [0.15, 0.2) is 42.7 Å². The highest BCUT2D eigenvalue weighted by atomic mass is 19.1. The van der Waals surface area contributed by atoms with Crippen LogP contribution in [0.2, 0.25) is 0 Å². The Morgan fingerprint density at radius 1 is 1.26 bits per heavy atom. The maximum Gasteiger partial charge on any atom is 0.253 e. The van der Waals surface area contributed by atoms with Crippen LogP contribution in [-0.2, 0) is 6.42 Å². The molecule has 0 saturated carbocycles. The van der Waals surface area contributed by atoms with E-state index in [0.717, 1.165) is 5.56 Å². The minimum Gasteiger partial charge on any atom is -0.397 e. The molecule has 1 aromatic carbocycles. The van der Waals surface area contributed by atoms with Gasteiger partial charge in [0, 0.05) is 12.7 Å². The fourth-order valence-electron chi connectivity index (χ4n) is 1.68.